The van der Waals surface area contributed by atoms with Crippen LogP contribution in [0.5, 0.6) is 0 Å². The number of likely N-dealkylation sites (tertiary alicyclic amines) is 1. The second kappa shape index (κ2) is 7.34. The Morgan fingerprint density at radius 2 is 2.04 bits per heavy atom. The molecular formula is C21H19ClN2O2. The maximum absolute atomic E-state index is 12.8. The first-order valence-electron chi connectivity index (χ1n) is 8.75. The van der Waals surface area contributed by atoms with E-state index in [1.165, 1.54) is 0 Å². The third-order valence-corrected chi connectivity index (χ3v) is 4.95. The van der Waals surface area contributed by atoms with Gasteiger partial charge >= 0.3 is 0 Å². The molecule has 3 aromatic rings. The summed E-state index contributed by atoms with van der Waals surface area (Å²) in [5.41, 5.74) is 2.66. The molecule has 1 aliphatic heterocycles. The number of carbonyl (C=O) groups is 1. The third kappa shape index (κ3) is 3.51. The molecule has 1 atom stereocenters. The van der Waals surface area contributed by atoms with Gasteiger partial charge in [0.25, 0.3) is 0 Å². The van der Waals surface area contributed by atoms with Gasteiger partial charge in [-0.3, -0.25) is 4.79 Å². The summed E-state index contributed by atoms with van der Waals surface area (Å²) in [7, 11) is 0. The van der Waals surface area contributed by atoms with Gasteiger partial charge in [-0.25, -0.2) is 4.98 Å². The zero-order valence-corrected chi connectivity index (χ0v) is 15.0. The van der Waals surface area contributed by atoms with Crippen LogP contribution in [0.2, 0.25) is 5.02 Å². The number of aromatic nitrogens is 1. The van der Waals surface area contributed by atoms with E-state index in [2.05, 4.69) is 4.98 Å². The van der Waals surface area contributed by atoms with Gasteiger partial charge in [0.05, 0.1) is 18.2 Å². The molecule has 1 amide bonds. The molecule has 26 heavy (non-hydrogen) atoms. The second-order valence-corrected chi connectivity index (χ2v) is 6.92. The molecular weight excluding hydrogens is 348 g/mol. The fourth-order valence-corrected chi connectivity index (χ4v) is 3.68. The van der Waals surface area contributed by atoms with Crippen LogP contribution in [0.1, 0.15) is 30.1 Å². The molecule has 1 saturated heterocycles. The Labute approximate surface area is 157 Å². The highest BCUT2D eigenvalue weighted by Crippen LogP contribution is 2.33. The summed E-state index contributed by atoms with van der Waals surface area (Å²) in [4.78, 5) is 19.2. The average molecular weight is 367 g/mol. The zero-order valence-electron chi connectivity index (χ0n) is 14.3. The Kier molecular flexibility index (Phi) is 4.76. The lowest BCUT2D eigenvalue weighted by atomic mass is 10.0. The van der Waals surface area contributed by atoms with Crippen LogP contribution < -0.4 is 0 Å². The topological polar surface area (TPSA) is 46.3 Å². The minimum atomic E-state index is 0.0698. The predicted octanol–water partition coefficient (Wildman–Crippen LogP) is 4.90. The maximum atomic E-state index is 12.8. The van der Waals surface area contributed by atoms with E-state index in [1.54, 1.807) is 6.26 Å². The van der Waals surface area contributed by atoms with E-state index in [9.17, 15) is 4.79 Å². The van der Waals surface area contributed by atoms with Gasteiger partial charge in [-0.05, 0) is 42.7 Å². The largest absolute Gasteiger partial charge is 0.444 e. The first kappa shape index (κ1) is 16.9. The fourth-order valence-electron chi connectivity index (χ4n) is 3.48. The standard InChI is InChI=1S/C21H19ClN2O2/c22-17-9-4-8-16(12-17)19-10-5-11-24(19)20(25)13-18-14-26-21(23-18)15-6-2-1-3-7-15/h1-4,6-9,12,14,19H,5,10-11,13H2. The van der Waals surface area contributed by atoms with Gasteiger partial charge < -0.3 is 9.32 Å². The summed E-state index contributed by atoms with van der Waals surface area (Å²) in [5, 5.41) is 0.700. The first-order chi connectivity index (χ1) is 12.7. The highest BCUT2D eigenvalue weighted by Gasteiger charge is 2.30. The van der Waals surface area contributed by atoms with Crippen molar-refractivity contribution in [1.82, 2.24) is 9.88 Å². The monoisotopic (exact) mass is 366 g/mol. The molecule has 0 aliphatic carbocycles. The number of carbonyl (C=O) groups excluding carboxylic acids is 1. The Morgan fingerprint density at radius 1 is 1.19 bits per heavy atom. The Hall–Kier alpha value is -2.59. The molecule has 0 saturated carbocycles. The van der Waals surface area contributed by atoms with E-state index in [0.29, 0.717) is 16.6 Å². The van der Waals surface area contributed by atoms with Crippen molar-refractivity contribution >= 4 is 17.5 Å². The molecule has 132 valence electrons. The van der Waals surface area contributed by atoms with E-state index < -0.39 is 0 Å². The van der Waals surface area contributed by atoms with E-state index in [0.717, 1.165) is 30.5 Å². The van der Waals surface area contributed by atoms with Gasteiger partial charge in [-0.15, -0.1) is 0 Å². The smallest absolute Gasteiger partial charge is 0.229 e. The number of hydrogen-bond acceptors (Lipinski definition) is 3. The van der Waals surface area contributed by atoms with Crippen molar-refractivity contribution in [3.05, 3.63) is 77.1 Å². The van der Waals surface area contributed by atoms with Crippen molar-refractivity contribution in [3.63, 3.8) is 0 Å². The number of amides is 1. The molecule has 1 fully saturated rings. The van der Waals surface area contributed by atoms with Crippen LogP contribution in [-0.4, -0.2) is 22.3 Å². The van der Waals surface area contributed by atoms with Gasteiger partial charge in [-0.2, -0.15) is 0 Å². The molecule has 4 rings (SSSR count). The fraction of sp³-hybridized carbons (Fsp3) is 0.238. The van der Waals surface area contributed by atoms with E-state index in [4.69, 9.17) is 16.0 Å². The molecule has 0 radical (unpaired) electrons. The summed E-state index contributed by atoms with van der Waals surface area (Å²) in [6.45, 7) is 0.763. The van der Waals surface area contributed by atoms with Crippen molar-refractivity contribution in [2.24, 2.45) is 0 Å². The highest BCUT2D eigenvalue weighted by molar-refractivity contribution is 6.30. The van der Waals surface area contributed by atoms with Gasteiger partial charge in [0.2, 0.25) is 11.8 Å². The lowest BCUT2D eigenvalue weighted by Gasteiger charge is -2.25. The first-order valence-corrected chi connectivity index (χ1v) is 9.13. The van der Waals surface area contributed by atoms with Crippen LogP contribution in [-0.2, 0) is 11.2 Å². The predicted molar refractivity (Wildman–Crippen MR) is 101 cm³/mol. The van der Waals surface area contributed by atoms with E-state index in [1.807, 2.05) is 59.5 Å². The number of halogens is 1. The Balaban J connectivity index is 1.48. The maximum Gasteiger partial charge on any atom is 0.229 e. The number of rotatable bonds is 4. The molecule has 1 aromatic heterocycles. The van der Waals surface area contributed by atoms with Gasteiger partial charge in [0.1, 0.15) is 6.26 Å². The summed E-state index contributed by atoms with van der Waals surface area (Å²) < 4.78 is 5.54. The van der Waals surface area contributed by atoms with Gasteiger partial charge in [-0.1, -0.05) is 41.9 Å². The van der Waals surface area contributed by atoms with Crippen molar-refractivity contribution in [2.75, 3.05) is 6.54 Å². The van der Waals surface area contributed by atoms with Crippen LogP contribution in [0.4, 0.5) is 0 Å². The van der Waals surface area contributed by atoms with E-state index >= 15 is 0 Å². The van der Waals surface area contributed by atoms with Crippen LogP contribution in [0.25, 0.3) is 11.5 Å². The number of benzene rings is 2. The van der Waals surface area contributed by atoms with Crippen molar-refractivity contribution in [1.29, 1.82) is 0 Å². The van der Waals surface area contributed by atoms with Crippen LogP contribution in [0.3, 0.4) is 0 Å². The van der Waals surface area contributed by atoms with Crippen LogP contribution in [0.15, 0.2) is 65.3 Å². The molecule has 0 N–H and O–H groups in total. The average Bonchev–Trinajstić information content (AvgIpc) is 3.32. The second-order valence-electron chi connectivity index (χ2n) is 6.49. The minimum absolute atomic E-state index is 0.0698. The highest BCUT2D eigenvalue weighted by atomic mass is 35.5. The zero-order chi connectivity index (χ0) is 17.9. The molecule has 1 aliphatic rings. The SMILES string of the molecule is O=C(Cc1coc(-c2ccccc2)n1)N1CCCC1c1cccc(Cl)c1. The lowest BCUT2D eigenvalue weighted by Crippen LogP contribution is -2.31. The molecule has 1 unspecified atom stereocenters. The van der Waals surface area contributed by atoms with E-state index in [-0.39, 0.29) is 18.4 Å². The van der Waals surface area contributed by atoms with Crippen molar-refractivity contribution in [3.8, 4) is 11.5 Å². The van der Waals surface area contributed by atoms with Crippen LogP contribution in [0, 0.1) is 0 Å². The number of nitrogens with zero attached hydrogens (tertiary/aromatic N) is 2. The van der Waals surface area contributed by atoms with Crippen molar-refractivity contribution in [2.45, 2.75) is 25.3 Å². The Morgan fingerprint density at radius 3 is 2.85 bits per heavy atom. The summed E-state index contributed by atoms with van der Waals surface area (Å²) in [5.74, 6) is 0.613. The molecule has 0 bridgehead atoms. The molecule has 5 heteroatoms. The lowest BCUT2D eigenvalue weighted by molar-refractivity contribution is -0.131. The molecule has 2 heterocycles. The molecule has 2 aromatic carbocycles. The third-order valence-electron chi connectivity index (χ3n) is 4.71. The quantitative estimate of drug-likeness (QED) is 0.659. The number of hydrogen-bond donors (Lipinski definition) is 0. The Bertz CT molecular complexity index is 907. The summed E-state index contributed by atoms with van der Waals surface area (Å²) in [6.07, 6.45) is 3.77. The summed E-state index contributed by atoms with van der Waals surface area (Å²) in [6, 6.07) is 17.5. The molecule has 0 spiro atoms. The minimum Gasteiger partial charge on any atom is -0.444 e. The van der Waals surface area contributed by atoms with Crippen LogP contribution >= 0.6 is 11.6 Å². The van der Waals surface area contributed by atoms with Gasteiger partial charge in [0, 0.05) is 17.1 Å². The van der Waals surface area contributed by atoms with Crippen molar-refractivity contribution < 1.29 is 9.21 Å². The van der Waals surface area contributed by atoms with Gasteiger partial charge in [0.15, 0.2) is 0 Å². The summed E-state index contributed by atoms with van der Waals surface area (Å²) >= 11 is 6.12. The molecule has 4 nitrogen and oxygen atoms in total. The number of oxazole rings is 1. The normalized spacial score (nSPS) is 16.8.